The number of nitrogens with one attached hydrogen (secondary N) is 1. The van der Waals surface area contributed by atoms with Crippen LogP contribution >= 0.6 is 0 Å². The Hall–Kier alpha value is -2.12. The van der Waals surface area contributed by atoms with Gasteiger partial charge in [0.05, 0.1) is 12.6 Å². The van der Waals surface area contributed by atoms with Gasteiger partial charge in [-0.15, -0.1) is 0 Å². The highest BCUT2D eigenvalue weighted by molar-refractivity contribution is 5.84. The fourth-order valence-corrected chi connectivity index (χ4v) is 3.93. The second kappa shape index (κ2) is 9.89. The lowest BCUT2D eigenvalue weighted by Gasteiger charge is -2.26. The molecule has 0 unspecified atom stereocenters. The minimum absolute atomic E-state index is 0.0260. The summed E-state index contributed by atoms with van der Waals surface area (Å²) in [6, 6.07) is 8.12. The molecule has 0 aromatic heterocycles. The van der Waals surface area contributed by atoms with Gasteiger partial charge in [0.15, 0.2) is 0 Å². The molecule has 0 spiro atoms. The first-order chi connectivity index (χ1) is 13.6. The number of rotatable bonds is 6. The molecule has 2 aliphatic rings. The van der Waals surface area contributed by atoms with Crippen molar-refractivity contribution in [2.75, 3.05) is 53.0 Å². The Morgan fingerprint density at radius 1 is 1.14 bits per heavy atom. The van der Waals surface area contributed by atoms with Gasteiger partial charge in [-0.1, -0.05) is 29.8 Å². The number of carbonyl (C=O) groups is 2. The molecular formula is C21H32N4O3. The minimum atomic E-state index is -0.0487. The molecule has 1 atom stereocenters. The van der Waals surface area contributed by atoms with Crippen molar-refractivity contribution >= 4 is 11.9 Å². The number of methoxy groups -OCH3 is 1. The molecule has 28 heavy (non-hydrogen) atoms. The molecule has 1 N–H and O–H groups in total. The molecule has 7 heteroatoms. The second-order valence-corrected chi connectivity index (χ2v) is 7.64. The summed E-state index contributed by atoms with van der Waals surface area (Å²) in [6.07, 6.45) is 1.75. The molecule has 154 valence electrons. The Balaban J connectivity index is 1.47. The number of ether oxygens (including phenoxy) is 1. The van der Waals surface area contributed by atoms with Gasteiger partial charge in [0.1, 0.15) is 0 Å². The van der Waals surface area contributed by atoms with Gasteiger partial charge in [-0.2, -0.15) is 0 Å². The smallest absolute Gasteiger partial charge is 0.317 e. The van der Waals surface area contributed by atoms with Crippen molar-refractivity contribution in [3.05, 3.63) is 35.4 Å². The fourth-order valence-electron chi connectivity index (χ4n) is 3.93. The first-order valence-electron chi connectivity index (χ1n) is 10.2. The van der Waals surface area contributed by atoms with E-state index in [0.717, 1.165) is 44.6 Å². The van der Waals surface area contributed by atoms with E-state index in [0.29, 0.717) is 26.2 Å². The van der Waals surface area contributed by atoms with Crippen molar-refractivity contribution in [1.29, 1.82) is 0 Å². The molecule has 0 radical (unpaired) electrons. The van der Waals surface area contributed by atoms with Gasteiger partial charge in [-0.25, -0.2) is 4.79 Å². The highest BCUT2D eigenvalue weighted by Gasteiger charge is 2.36. The predicted octanol–water partition coefficient (Wildman–Crippen LogP) is 1.46. The van der Waals surface area contributed by atoms with Crippen LogP contribution in [0.15, 0.2) is 24.3 Å². The van der Waals surface area contributed by atoms with Gasteiger partial charge in [0, 0.05) is 52.9 Å². The zero-order valence-corrected chi connectivity index (χ0v) is 17.0. The summed E-state index contributed by atoms with van der Waals surface area (Å²) < 4.78 is 5.10. The van der Waals surface area contributed by atoms with Crippen LogP contribution in [0.3, 0.4) is 0 Å². The van der Waals surface area contributed by atoms with Crippen LogP contribution in [-0.4, -0.2) is 85.7 Å². The molecule has 0 aliphatic carbocycles. The van der Waals surface area contributed by atoms with E-state index in [2.05, 4.69) is 29.3 Å². The number of hydrogen-bond acceptors (Lipinski definition) is 4. The number of amides is 3. The average Bonchev–Trinajstić information content (AvgIpc) is 2.91. The van der Waals surface area contributed by atoms with Crippen molar-refractivity contribution in [2.24, 2.45) is 0 Å². The van der Waals surface area contributed by atoms with E-state index in [9.17, 15) is 9.59 Å². The fraction of sp³-hybridized carbons (Fsp3) is 0.619. The number of hydrogen-bond donors (Lipinski definition) is 1. The van der Waals surface area contributed by atoms with Crippen LogP contribution in [0.1, 0.15) is 24.0 Å². The normalized spacial score (nSPS) is 21.1. The van der Waals surface area contributed by atoms with E-state index in [4.69, 9.17) is 4.74 Å². The summed E-state index contributed by atoms with van der Waals surface area (Å²) in [4.78, 5) is 31.2. The third-order valence-corrected chi connectivity index (χ3v) is 5.66. The zero-order chi connectivity index (χ0) is 19.9. The molecule has 1 aromatic carbocycles. The molecule has 0 bridgehead atoms. The van der Waals surface area contributed by atoms with Crippen LogP contribution in [0.25, 0.3) is 0 Å². The maximum Gasteiger partial charge on any atom is 0.317 e. The molecule has 2 heterocycles. The lowest BCUT2D eigenvalue weighted by molar-refractivity contribution is -0.132. The Labute approximate surface area is 167 Å². The Morgan fingerprint density at radius 2 is 1.93 bits per heavy atom. The van der Waals surface area contributed by atoms with Gasteiger partial charge in [-0.05, 0) is 25.3 Å². The molecule has 7 nitrogen and oxygen atoms in total. The van der Waals surface area contributed by atoms with Crippen molar-refractivity contribution in [1.82, 2.24) is 20.0 Å². The predicted molar refractivity (Wildman–Crippen MR) is 108 cm³/mol. The van der Waals surface area contributed by atoms with Gasteiger partial charge >= 0.3 is 6.03 Å². The van der Waals surface area contributed by atoms with E-state index in [1.165, 1.54) is 5.56 Å². The lowest BCUT2D eigenvalue weighted by Crippen LogP contribution is -2.45. The van der Waals surface area contributed by atoms with Crippen molar-refractivity contribution in [2.45, 2.75) is 32.4 Å². The second-order valence-electron chi connectivity index (χ2n) is 7.64. The van der Waals surface area contributed by atoms with Crippen LogP contribution in [0.2, 0.25) is 0 Å². The number of urea groups is 1. The number of benzene rings is 1. The first kappa shape index (κ1) is 20.6. The monoisotopic (exact) mass is 388 g/mol. The number of carbonyl (C=O) groups excluding carboxylic acids is 2. The van der Waals surface area contributed by atoms with Crippen molar-refractivity contribution in [3.8, 4) is 0 Å². The van der Waals surface area contributed by atoms with Crippen LogP contribution in [0.5, 0.6) is 0 Å². The molecule has 0 saturated carbocycles. The number of aryl methyl sites for hydroxylation is 1. The third-order valence-electron chi connectivity index (χ3n) is 5.66. The Kier molecular flexibility index (Phi) is 7.28. The number of likely N-dealkylation sites (tertiary alicyclic amines) is 1. The van der Waals surface area contributed by atoms with Gasteiger partial charge in [0.2, 0.25) is 5.91 Å². The van der Waals surface area contributed by atoms with Crippen molar-refractivity contribution < 1.29 is 14.3 Å². The highest BCUT2D eigenvalue weighted by Crippen LogP contribution is 2.19. The van der Waals surface area contributed by atoms with Crippen LogP contribution in [0.4, 0.5) is 4.79 Å². The van der Waals surface area contributed by atoms with E-state index in [-0.39, 0.29) is 18.0 Å². The van der Waals surface area contributed by atoms with Gasteiger partial charge < -0.3 is 19.9 Å². The molecule has 1 aromatic rings. The SMILES string of the molecule is COCCN1CC[C@H](N2CCCN(C(=O)NCc3ccc(C)cc3)CC2)C1=O. The molecule has 2 aliphatic heterocycles. The van der Waals surface area contributed by atoms with E-state index >= 15 is 0 Å². The maximum atomic E-state index is 12.7. The topological polar surface area (TPSA) is 65.1 Å². The van der Waals surface area contributed by atoms with Gasteiger partial charge in [0.25, 0.3) is 0 Å². The maximum absolute atomic E-state index is 12.7. The zero-order valence-electron chi connectivity index (χ0n) is 17.0. The van der Waals surface area contributed by atoms with E-state index < -0.39 is 0 Å². The summed E-state index contributed by atoms with van der Waals surface area (Å²) in [6.45, 7) is 7.60. The quantitative estimate of drug-likeness (QED) is 0.801. The summed E-state index contributed by atoms with van der Waals surface area (Å²) >= 11 is 0. The van der Waals surface area contributed by atoms with E-state index in [1.54, 1.807) is 7.11 Å². The lowest BCUT2D eigenvalue weighted by atomic mass is 10.1. The van der Waals surface area contributed by atoms with E-state index in [1.807, 2.05) is 21.9 Å². The summed E-state index contributed by atoms with van der Waals surface area (Å²) in [5.74, 6) is 0.203. The molecule has 2 fully saturated rings. The standard InChI is InChI=1S/C21H32N4O3/c1-17-4-6-18(7-5-17)16-22-21(27)25-10-3-9-23(12-13-25)19-8-11-24(20(19)26)14-15-28-2/h4-7,19H,3,8-16H2,1-2H3,(H,22,27)/t19-/m0/s1. The van der Waals surface area contributed by atoms with Crippen LogP contribution in [0, 0.1) is 6.92 Å². The summed E-state index contributed by atoms with van der Waals surface area (Å²) in [7, 11) is 1.66. The first-order valence-corrected chi connectivity index (χ1v) is 10.2. The highest BCUT2D eigenvalue weighted by atomic mass is 16.5. The van der Waals surface area contributed by atoms with Crippen LogP contribution in [-0.2, 0) is 16.1 Å². The summed E-state index contributed by atoms with van der Waals surface area (Å²) in [5, 5.41) is 3.02. The average molecular weight is 389 g/mol. The molecule has 2 saturated heterocycles. The Morgan fingerprint density at radius 3 is 2.68 bits per heavy atom. The van der Waals surface area contributed by atoms with Crippen LogP contribution < -0.4 is 5.32 Å². The third kappa shape index (κ3) is 5.23. The largest absolute Gasteiger partial charge is 0.383 e. The molecule has 3 amide bonds. The molecular weight excluding hydrogens is 356 g/mol. The van der Waals surface area contributed by atoms with Gasteiger partial charge in [-0.3, -0.25) is 9.69 Å². The molecule has 3 rings (SSSR count). The minimum Gasteiger partial charge on any atom is -0.383 e. The summed E-state index contributed by atoms with van der Waals surface area (Å²) in [5.41, 5.74) is 2.31. The van der Waals surface area contributed by atoms with Crippen molar-refractivity contribution in [3.63, 3.8) is 0 Å². The Bertz CT molecular complexity index is 664. The number of nitrogens with zero attached hydrogens (tertiary/aromatic N) is 3.